The lowest BCUT2D eigenvalue weighted by molar-refractivity contribution is 0.111. The lowest BCUT2D eigenvalue weighted by atomic mass is 9.98. The second kappa shape index (κ2) is 6.13. The van der Waals surface area contributed by atoms with Gasteiger partial charge in [0.2, 0.25) is 0 Å². The van der Waals surface area contributed by atoms with Crippen molar-refractivity contribution < 1.29 is 5.11 Å². The van der Waals surface area contributed by atoms with E-state index >= 15 is 0 Å². The van der Waals surface area contributed by atoms with Gasteiger partial charge in [-0.3, -0.25) is 4.90 Å². The largest absolute Gasteiger partial charge is 0.388 e. The highest BCUT2D eigenvalue weighted by Crippen LogP contribution is 2.26. The van der Waals surface area contributed by atoms with Crippen molar-refractivity contribution in [1.29, 1.82) is 0 Å². The molecular weight excluding hydrogens is 244 g/mol. The lowest BCUT2D eigenvalue weighted by Crippen LogP contribution is -2.44. The number of nitrogens with zero attached hydrogens (tertiary/aromatic N) is 2. The first-order chi connectivity index (χ1) is 8.58. The molecule has 2 heterocycles. The van der Waals surface area contributed by atoms with Crippen molar-refractivity contribution in [1.82, 2.24) is 9.88 Å². The van der Waals surface area contributed by atoms with E-state index in [-0.39, 0.29) is 6.10 Å². The van der Waals surface area contributed by atoms with Gasteiger partial charge in [0.05, 0.1) is 16.0 Å². The van der Waals surface area contributed by atoms with Crippen LogP contribution in [-0.4, -0.2) is 33.6 Å². The molecule has 102 valence electrons. The van der Waals surface area contributed by atoms with Crippen molar-refractivity contribution >= 4 is 11.3 Å². The van der Waals surface area contributed by atoms with Crippen molar-refractivity contribution in [3.63, 3.8) is 0 Å². The molecule has 3 nitrogen and oxygen atoms in total. The fourth-order valence-electron chi connectivity index (χ4n) is 2.74. The molecule has 1 aromatic rings. The molecule has 18 heavy (non-hydrogen) atoms. The molecule has 1 fully saturated rings. The van der Waals surface area contributed by atoms with Crippen LogP contribution in [0.15, 0.2) is 6.20 Å². The summed E-state index contributed by atoms with van der Waals surface area (Å²) in [6.07, 6.45) is 6.42. The molecule has 1 N–H and O–H groups in total. The molecule has 0 aromatic carbocycles. The molecule has 2 rings (SSSR count). The Kier molecular flexibility index (Phi) is 4.76. The first-order valence-corrected chi connectivity index (χ1v) is 7.78. The zero-order valence-electron chi connectivity index (χ0n) is 11.6. The first-order valence-electron chi connectivity index (χ1n) is 6.96. The number of hydrogen-bond donors (Lipinski definition) is 1. The summed E-state index contributed by atoms with van der Waals surface area (Å²) in [5, 5.41) is 10.7. The van der Waals surface area contributed by atoms with Gasteiger partial charge >= 0.3 is 0 Å². The molecule has 1 aromatic heterocycles. The first kappa shape index (κ1) is 14.0. The van der Waals surface area contributed by atoms with E-state index in [1.165, 1.54) is 30.8 Å². The third kappa shape index (κ3) is 3.31. The predicted molar refractivity (Wildman–Crippen MR) is 75.9 cm³/mol. The van der Waals surface area contributed by atoms with Crippen LogP contribution in [-0.2, 0) is 6.42 Å². The Balaban J connectivity index is 2.01. The van der Waals surface area contributed by atoms with Crippen molar-refractivity contribution in [2.45, 2.75) is 64.6 Å². The van der Waals surface area contributed by atoms with Gasteiger partial charge in [-0.15, -0.1) is 11.3 Å². The van der Waals surface area contributed by atoms with E-state index in [1.807, 2.05) is 6.20 Å². The highest BCUT2D eigenvalue weighted by molar-refractivity contribution is 7.11. The summed E-state index contributed by atoms with van der Waals surface area (Å²) in [6, 6.07) is 1.25. The zero-order valence-corrected chi connectivity index (χ0v) is 12.4. The normalized spacial score (nSPS) is 23.5. The van der Waals surface area contributed by atoms with Crippen LogP contribution in [0.25, 0.3) is 0 Å². The Morgan fingerprint density at radius 2 is 2.22 bits per heavy atom. The van der Waals surface area contributed by atoms with Gasteiger partial charge < -0.3 is 5.11 Å². The monoisotopic (exact) mass is 268 g/mol. The van der Waals surface area contributed by atoms with Crippen LogP contribution < -0.4 is 0 Å². The van der Waals surface area contributed by atoms with Gasteiger partial charge in [-0.25, -0.2) is 4.98 Å². The summed E-state index contributed by atoms with van der Waals surface area (Å²) in [7, 11) is 0. The van der Waals surface area contributed by atoms with Gasteiger partial charge in [-0.1, -0.05) is 6.42 Å². The Bertz CT molecular complexity index is 376. The van der Waals surface area contributed by atoms with E-state index in [9.17, 15) is 5.11 Å². The average Bonchev–Trinajstić information content (AvgIpc) is 2.78. The minimum absolute atomic E-state index is 0.385. The second-order valence-corrected chi connectivity index (χ2v) is 6.66. The number of likely N-dealkylation sites (tertiary alicyclic amines) is 1. The number of hydrogen-bond acceptors (Lipinski definition) is 4. The summed E-state index contributed by atoms with van der Waals surface area (Å²) >= 11 is 1.66. The third-order valence-electron chi connectivity index (χ3n) is 3.73. The van der Waals surface area contributed by atoms with Crippen LogP contribution in [0.3, 0.4) is 0 Å². The Hall–Kier alpha value is -0.450. The van der Waals surface area contributed by atoms with Gasteiger partial charge in [0.25, 0.3) is 0 Å². The van der Waals surface area contributed by atoms with Gasteiger partial charge in [0, 0.05) is 24.7 Å². The number of rotatable bonds is 4. The molecule has 0 aliphatic carbocycles. The molecule has 4 heteroatoms. The molecule has 0 spiro atoms. The van der Waals surface area contributed by atoms with Crippen molar-refractivity contribution in [2.24, 2.45) is 0 Å². The molecule has 0 radical (unpaired) electrons. The summed E-state index contributed by atoms with van der Waals surface area (Å²) in [5.74, 6) is 0. The summed E-state index contributed by atoms with van der Waals surface area (Å²) in [6.45, 7) is 7.58. The van der Waals surface area contributed by atoms with Crippen LogP contribution in [0.4, 0.5) is 0 Å². The molecule has 2 unspecified atom stereocenters. The minimum Gasteiger partial charge on any atom is -0.388 e. The summed E-state index contributed by atoms with van der Waals surface area (Å²) in [4.78, 5) is 8.04. The maximum absolute atomic E-state index is 9.54. The number of aromatic nitrogens is 1. The minimum atomic E-state index is -0.385. The predicted octanol–water partition coefficient (Wildman–Crippen LogP) is 3.00. The van der Waals surface area contributed by atoms with Crippen LogP contribution >= 0.6 is 11.3 Å². The number of piperidine rings is 1. The summed E-state index contributed by atoms with van der Waals surface area (Å²) < 4.78 is 0. The number of thiazole rings is 1. The van der Waals surface area contributed by atoms with Gasteiger partial charge in [0.1, 0.15) is 0 Å². The smallest absolute Gasteiger partial charge is 0.0944 e. The van der Waals surface area contributed by atoms with Crippen LogP contribution in [0.5, 0.6) is 0 Å². The molecule has 1 aliphatic rings. The molecule has 2 atom stereocenters. The molecular formula is C14H24N2OS. The number of aliphatic hydroxyl groups is 1. The molecule has 0 amide bonds. The molecule has 0 bridgehead atoms. The van der Waals surface area contributed by atoms with E-state index in [0.717, 1.165) is 11.3 Å². The highest BCUT2D eigenvalue weighted by Gasteiger charge is 2.25. The molecule has 1 saturated heterocycles. The van der Waals surface area contributed by atoms with E-state index < -0.39 is 0 Å². The Morgan fingerprint density at radius 1 is 1.44 bits per heavy atom. The summed E-state index contributed by atoms with van der Waals surface area (Å²) in [5.41, 5.74) is 0. The number of aliphatic hydroxyl groups excluding tert-OH is 1. The molecule has 1 aliphatic heterocycles. The van der Waals surface area contributed by atoms with E-state index in [2.05, 4.69) is 23.7 Å². The fourth-order valence-corrected chi connectivity index (χ4v) is 3.66. The van der Waals surface area contributed by atoms with E-state index in [1.54, 1.807) is 18.3 Å². The topological polar surface area (TPSA) is 36.4 Å². The van der Waals surface area contributed by atoms with Gasteiger partial charge in [-0.05, 0) is 40.2 Å². The quantitative estimate of drug-likeness (QED) is 0.912. The van der Waals surface area contributed by atoms with Gasteiger partial charge in [-0.2, -0.15) is 0 Å². The van der Waals surface area contributed by atoms with Crippen molar-refractivity contribution in [3.8, 4) is 0 Å². The van der Waals surface area contributed by atoms with Crippen LogP contribution in [0.2, 0.25) is 0 Å². The second-order valence-electron chi connectivity index (χ2n) is 5.52. The third-order valence-corrected chi connectivity index (χ3v) is 4.92. The standard InChI is InChI=1S/C14H24N2OS/c1-10(2)16-7-5-4-6-12(16)8-14-15-9-13(18-14)11(3)17/h9-12,17H,4-8H2,1-3H3. The molecule has 0 saturated carbocycles. The maximum Gasteiger partial charge on any atom is 0.0944 e. The van der Waals surface area contributed by atoms with E-state index in [4.69, 9.17) is 0 Å². The van der Waals surface area contributed by atoms with Gasteiger partial charge in [0.15, 0.2) is 0 Å². The van der Waals surface area contributed by atoms with Crippen molar-refractivity contribution in [2.75, 3.05) is 6.54 Å². The lowest BCUT2D eigenvalue weighted by Gasteiger charge is -2.38. The van der Waals surface area contributed by atoms with Crippen molar-refractivity contribution in [3.05, 3.63) is 16.1 Å². The van der Waals surface area contributed by atoms with E-state index in [0.29, 0.717) is 12.1 Å². The average molecular weight is 268 g/mol. The zero-order chi connectivity index (χ0) is 13.1. The van der Waals surface area contributed by atoms with Crippen LogP contribution in [0.1, 0.15) is 56.0 Å². The Morgan fingerprint density at radius 3 is 2.83 bits per heavy atom. The fraction of sp³-hybridized carbons (Fsp3) is 0.786. The van der Waals surface area contributed by atoms with Crippen LogP contribution in [0, 0.1) is 0 Å². The Labute approximate surface area is 114 Å². The highest BCUT2D eigenvalue weighted by atomic mass is 32.1. The SMILES string of the molecule is CC(O)c1cnc(CC2CCCCN2C(C)C)s1. The maximum atomic E-state index is 9.54.